The van der Waals surface area contributed by atoms with Gasteiger partial charge in [0.2, 0.25) is 0 Å². The van der Waals surface area contributed by atoms with Gasteiger partial charge in [-0.05, 0) is 40.8 Å². The highest BCUT2D eigenvalue weighted by molar-refractivity contribution is 9.10. The van der Waals surface area contributed by atoms with Crippen LogP contribution in [-0.4, -0.2) is 17.8 Å². The van der Waals surface area contributed by atoms with Gasteiger partial charge in [-0.1, -0.05) is 0 Å². The second-order valence-corrected chi connectivity index (χ2v) is 5.44. The molecular formula is C12H13BrF3NO2. The average Bonchev–Trinajstić information content (AvgIpc) is 2.34. The number of aromatic nitrogens is 1. The number of nitrogens with zero attached hydrogens (tertiary/aromatic N) is 1. The third-order valence-corrected chi connectivity index (χ3v) is 3.73. The van der Waals surface area contributed by atoms with Crippen LogP contribution in [0.4, 0.5) is 13.2 Å². The first-order chi connectivity index (χ1) is 8.88. The molecule has 1 aromatic heterocycles. The van der Waals surface area contributed by atoms with Crippen molar-refractivity contribution < 1.29 is 17.9 Å². The summed E-state index contributed by atoms with van der Waals surface area (Å²) in [6, 6.07) is 0.822. The van der Waals surface area contributed by atoms with Crippen molar-refractivity contribution in [3.63, 3.8) is 0 Å². The number of hydrogen-bond acceptors (Lipinski definition) is 2. The Bertz CT molecular complexity index is 507. The smallest absolute Gasteiger partial charge is 0.381 e. The number of rotatable bonds is 2. The third kappa shape index (κ3) is 3.60. The molecule has 2 rings (SSSR count). The van der Waals surface area contributed by atoms with Crippen molar-refractivity contribution in [1.82, 2.24) is 4.57 Å². The fraction of sp³-hybridized carbons (Fsp3) is 0.583. The molecule has 0 atom stereocenters. The molecule has 0 aliphatic carbocycles. The van der Waals surface area contributed by atoms with Crippen LogP contribution in [0.1, 0.15) is 18.4 Å². The van der Waals surface area contributed by atoms with Crippen LogP contribution in [-0.2, 0) is 17.5 Å². The van der Waals surface area contributed by atoms with Gasteiger partial charge in [0.1, 0.15) is 0 Å². The van der Waals surface area contributed by atoms with Gasteiger partial charge in [0.15, 0.2) is 0 Å². The Morgan fingerprint density at radius 1 is 1.37 bits per heavy atom. The Kier molecular flexibility index (Phi) is 4.35. The molecule has 0 bridgehead atoms. The van der Waals surface area contributed by atoms with E-state index in [0.29, 0.717) is 19.8 Å². The normalized spacial score (nSPS) is 17.7. The summed E-state index contributed by atoms with van der Waals surface area (Å²) < 4.78 is 44.4. The van der Waals surface area contributed by atoms with Gasteiger partial charge in [-0.2, -0.15) is 13.2 Å². The molecule has 1 aliphatic heterocycles. The molecule has 0 radical (unpaired) electrons. The lowest BCUT2D eigenvalue weighted by molar-refractivity contribution is -0.138. The summed E-state index contributed by atoms with van der Waals surface area (Å²) in [5.74, 6) is 0.182. The molecule has 1 saturated heterocycles. The molecule has 0 spiro atoms. The maximum atomic E-state index is 12.7. The van der Waals surface area contributed by atoms with Crippen LogP contribution in [0.2, 0.25) is 0 Å². The largest absolute Gasteiger partial charge is 0.417 e. The lowest BCUT2D eigenvalue weighted by atomic mass is 10.0. The van der Waals surface area contributed by atoms with Crippen LogP contribution >= 0.6 is 15.9 Å². The van der Waals surface area contributed by atoms with E-state index >= 15 is 0 Å². The number of halogens is 4. The molecule has 1 aromatic rings. The van der Waals surface area contributed by atoms with Crippen molar-refractivity contribution in [1.29, 1.82) is 0 Å². The van der Waals surface area contributed by atoms with Crippen LogP contribution in [0.3, 0.4) is 0 Å². The summed E-state index contributed by atoms with van der Waals surface area (Å²) in [4.78, 5) is 11.8. The molecule has 0 N–H and O–H groups in total. The van der Waals surface area contributed by atoms with Crippen LogP contribution in [0.25, 0.3) is 0 Å². The highest BCUT2D eigenvalue weighted by atomic mass is 79.9. The molecule has 0 unspecified atom stereocenters. The zero-order valence-corrected chi connectivity index (χ0v) is 11.6. The third-order valence-electron chi connectivity index (χ3n) is 3.17. The van der Waals surface area contributed by atoms with Crippen LogP contribution in [0, 0.1) is 5.92 Å². The van der Waals surface area contributed by atoms with E-state index in [1.165, 1.54) is 0 Å². The zero-order valence-electron chi connectivity index (χ0n) is 10.0. The minimum absolute atomic E-state index is 0.0608. The monoisotopic (exact) mass is 339 g/mol. The Morgan fingerprint density at radius 3 is 2.58 bits per heavy atom. The highest BCUT2D eigenvalue weighted by Gasteiger charge is 2.32. The Morgan fingerprint density at radius 2 is 2.00 bits per heavy atom. The van der Waals surface area contributed by atoms with Gasteiger partial charge in [0.25, 0.3) is 5.56 Å². The zero-order chi connectivity index (χ0) is 14.0. The first-order valence-corrected chi connectivity index (χ1v) is 6.72. The molecule has 7 heteroatoms. The second-order valence-electron chi connectivity index (χ2n) is 4.59. The first-order valence-electron chi connectivity index (χ1n) is 5.93. The standard InChI is InChI=1S/C12H13BrF3NO2/c13-10-5-9(12(14,15)16)7-17(11(10)18)6-8-1-3-19-4-2-8/h5,7-8H,1-4,6H2. The predicted octanol–water partition coefficient (Wildman–Crippen LogP) is 3.06. The van der Waals surface area contributed by atoms with E-state index in [2.05, 4.69) is 15.9 Å². The Hall–Kier alpha value is -0.820. The maximum absolute atomic E-state index is 12.7. The summed E-state index contributed by atoms with van der Waals surface area (Å²) in [7, 11) is 0. The van der Waals surface area contributed by atoms with Gasteiger partial charge >= 0.3 is 6.18 Å². The summed E-state index contributed by atoms with van der Waals surface area (Å²) in [6.45, 7) is 1.49. The van der Waals surface area contributed by atoms with Gasteiger partial charge in [0, 0.05) is 26.0 Å². The van der Waals surface area contributed by atoms with Gasteiger partial charge < -0.3 is 9.30 Å². The van der Waals surface area contributed by atoms with E-state index in [0.717, 1.165) is 29.7 Å². The van der Waals surface area contributed by atoms with Crippen LogP contribution < -0.4 is 5.56 Å². The van der Waals surface area contributed by atoms with E-state index in [-0.39, 0.29) is 10.4 Å². The molecular weight excluding hydrogens is 327 g/mol. The van der Waals surface area contributed by atoms with Crippen molar-refractivity contribution in [3.05, 3.63) is 32.7 Å². The van der Waals surface area contributed by atoms with Gasteiger partial charge in [-0.15, -0.1) is 0 Å². The lowest BCUT2D eigenvalue weighted by Gasteiger charge is -2.23. The highest BCUT2D eigenvalue weighted by Crippen LogP contribution is 2.30. The predicted molar refractivity (Wildman–Crippen MR) is 66.9 cm³/mol. The van der Waals surface area contributed by atoms with Gasteiger partial charge in [-0.3, -0.25) is 4.79 Å². The molecule has 0 amide bonds. The quantitative estimate of drug-likeness (QED) is 0.829. The van der Waals surface area contributed by atoms with Crippen molar-refractivity contribution >= 4 is 15.9 Å². The Labute approximate surface area is 116 Å². The van der Waals surface area contributed by atoms with Crippen LogP contribution in [0.15, 0.2) is 21.5 Å². The first kappa shape index (κ1) is 14.6. The number of alkyl halides is 3. The molecule has 3 nitrogen and oxygen atoms in total. The number of pyridine rings is 1. The van der Waals surface area contributed by atoms with E-state index in [9.17, 15) is 18.0 Å². The molecule has 19 heavy (non-hydrogen) atoms. The summed E-state index contributed by atoms with van der Waals surface area (Å²) in [5, 5.41) is 0. The maximum Gasteiger partial charge on any atom is 0.417 e. The lowest BCUT2D eigenvalue weighted by Crippen LogP contribution is -2.28. The topological polar surface area (TPSA) is 31.2 Å². The van der Waals surface area contributed by atoms with E-state index in [1.54, 1.807) is 0 Å². The number of hydrogen-bond donors (Lipinski definition) is 0. The van der Waals surface area contributed by atoms with Crippen LogP contribution in [0.5, 0.6) is 0 Å². The van der Waals surface area contributed by atoms with Crippen molar-refractivity contribution in [3.8, 4) is 0 Å². The summed E-state index contributed by atoms with van der Waals surface area (Å²) in [5.41, 5.74) is -1.24. The van der Waals surface area contributed by atoms with Gasteiger partial charge in [0.05, 0.1) is 10.0 Å². The molecule has 1 aliphatic rings. The Balaban J connectivity index is 2.28. The number of ether oxygens (including phenoxy) is 1. The summed E-state index contributed by atoms with van der Waals surface area (Å²) >= 11 is 2.90. The molecule has 106 valence electrons. The molecule has 0 saturated carbocycles. The van der Waals surface area contributed by atoms with Crippen molar-refractivity contribution in [2.75, 3.05) is 13.2 Å². The van der Waals surface area contributed by atoms with E-state index < -0.39 is 17.3 Å². The average molecular weight is 340 g/mol. The molecule has 1 fully saturated rings. The van der Waals surface area contributed by atoms with Crippen molar-refractivity contribution in [2.24, 2.45) is 5.92 Å². The molecule has 0 aromatic carbocycles. The minimum atomic E-state index is -4.45. The van der Waals surface area contributed by atoms with E-state index in [4.69, 9.17) is 4.74 Å². The van der Waals surface area contributed by atoms with Gasteiger partial charge in [-0.25, -0.2) is 0 Å². The molecule has 2 heterocycles. The minimum Gasteiger partial charge on any atom is -0.381 e. The van der Waals surface area contributed by atoms with E-state index in [1.807, 2.05) is 0 Å². The fourth-order valence-electron chi connectivity index (χ4n) is 2.10. The second kappa shape index (κ2) is 5.66. The SMILES string of the molecule is O=c1c(Br)cc(C(F)(F)F)cn1CC1CCOCC1. The van der Waals surface area contributed by atoms with Crippen molar-refractivity contribution in [2.45, 2.75) is 25.6 Å². The summed E-state index contributed by atoms with van der Waals surface area (Å²) in [6.07, 6.45) is -2.03. The fourth-order valence-corrected chi connectivity index (χ4v) is 2.57.